The number of hydrogen-bond acceptors (Lipinski definition) is 2. The molecule has 0 radical (unpaired) electrons. The van der Waals surface area contributed by atoms with Crippen molar-refractivity contribution in [2.24, 2.45) is 5.41 Å². The zero-order valence-corrected chi connectivity index (χ0v) is 10.3. The van der Waals surface area contributed by atoms with Gasteiger partial charge in [0, 0.05) is 13.0 Å². The second-order valence-electron chi connectivity index (χ2n) is 4.23. The van der Waals surface area contributed by atoms with Crippen molar-refractivity contribution in [3.8, 4) is 0 Å². The molecule has 15 heavy (non-hydrogen) atoms. The lowest BCUT2D eigenvalue weighted by molar-refractivity contribution is -0.137. The lowest BCUT2D eigenvalue weighted by Crippen LogP contribution is -2.33. The molecule has 2 N–H and O–H groups in total. The molecule has 0 aromatic heterocycles. The summed E-state index contributed by atoms with van der Waals surface area (Å²) in [5.74, 6) is -0.704. The monoisotopic (exact) mass is 215 g/mol. The van der Waals surface area contributed by atoms with E-state index in [0.29, 0.717) is 5.41 Å². The molecule has 0 amide bonds. The average molecular weight is 215 g/mol. The minimum Gasteiger partial charge on any atom is -0.481 e. The first-order valence-electron chi connectivity index (χ1n) is 6.02. The normalized spacial score (nSPS) is 11.7. The van der Waals surface area contributed by atoms with Gasteiger partial charge in [0.2, 0.25) is 0 Å². The van der Waals surface area contributed by atoms with Crippen LogP contribution in [0.3, 0.4) is 0 Å². The van der Waals surface area contributed by atoms with Gasteiger partial charge >= 0.3 is 5.97 Å². The van der Waals surface area contributed by atoms with Crippen molar-refractivity contribution in [3.63, 3.8) is 0 Å². The molecule has 0 rings (SSSR count). The summed E-state index contributed by atoms with van der Waals surface area (Å²) in [6, 6.07) is 0. The van der Waals surface area contributed by atoms with Crippen molar-refractivity contribution in [3.05, 3.63) is 0 Å². The first-order valence-corrected chi connectivity index (χ1v) is 6.02. The largest absolute Gasteiger partial charge is 0.481 e. The van der Waals surface area contributed by atoms with Crippen LogP contribution >= 0.6 is 0 Å². The first-order chi connectivity index (χ1) is 7.10. The molecule has 0 saturated carbocycles. The van der Waals surface area contributed by atoms with Gasteiger partial charge in [-0.2, -0.15) is 0 Å². The first kappa shape index (κ1) is 14.4. The molecule has 0 bridgehead atoms. The molecule has 0 fully saturated rings. The number of carbonyl (C=O) groups is 1. The van der Waals surface area contributed by atoms with Crippen molar-refractivity contribution in [2.75, 3.05) is 13.1 Å². The molecule has 0 atom stereocenters. The lowest BCUT2D eigenvalue weighted by atomic mass is 9.80. The summed E-state index contributed by atoms with van der Waals surface area (Å²) in [5.41, 5.74) is 0.406. The third-order valence-corrected chi connectivity index (χ3v) is 3.49. The van der Waals surface area contributed by atoms with E-state index in [1.165, 1.54) is 19.3 Å². The van der Waals surface area contributed by atoms with Gasteiger partial charge in [-0.25, -0.2) is 0 Å². The van der Waals surface area contributed by atoms with Crippen LogP contribution in [0.2, 0.25) is 0 Å². The van der Waals surface area contributed by atoms with Crippen LogP contribution in [-0.2, 0) is 4.79 Å². The van der Waals surface area contributed by atoms with Gasteiger partial charge in [-0.1, -0.05) is 20.8 Å². The van der Waals surface area contributed by atoms with E-state index < -0.39 is 5.97 Å². The van der Waals surface area contributed by atoms with E-state index >= 15 is 0 Å². The van der Waals surface area contributed by atoms with Crippen LogP contribution in [0.25, 0.3) is 0 Å². The van der Waals surface area contributed by atoms with E-state index in [1.807, 2.05) is 0 Å². The van der Waals surface area contributed by atoms with Crippen molar-refractivity contribution in [2.45, 2.75) is 52.9 Å². The van der Waals surface area contributed by atoms with Crippen LogP contribution in [0.4, 0.5) is 0 Å². The van der Waals surface area contributed by atoms with E-state index in [4.69, 9.17) is 5.11 Å². The standard InChI is InChI=1S/C12H25NO2/c1-4-12(5-2,6-3)10-13-9-7-8-11(14)15/h13H,4-10H2,1-3H3,(H,14,15). The molecule has 0 aromatic rings. The molecule has 0 aromatic carbocycles. The Hall–Kier alpha value is -0.570. The van der Waals surface area contributed by atoms with E-state index in [2.05, 4.69) is 26.1 Å². The van der Waals surface area contributed by atoms with Crippen LogP contribution in [0.1, 0.15) is 52.9 Å². The van der Waals surface area contributed by atoms with Gasteiger partial charge in [0.05, 0.1) is 0 Å². The van der Waals surface area contributed by atoms with Gasteiger partial charge in [-0.15, -0.1) is 0 Å². The van der Waals surface area contributed by atoms with Crippen LogP contribution in [0, 0.1) is 5.41 Å². The molecule has 3 heteroatoms. The number of rotatable bonds is 9. The molecule has 0 aliphatic heterocycles. The fourth-order valence-corrected chi connectivity index (χ4v) is 1.84. The van der Waals surface area contributed by atoms with Crippen LogP contribution in [-0.4, -0.2) is 24.2 Å². The Labute approximate surface area is 93.3 Å². The van der Waals surface area contributed by atoms with Gasteiger partial charge < -0.3 is 10.4 Å². The molecule has 3 nitrogen and oxygen atoms in total. The molecular formula is C12H25NO2. The Morgan fingerprint density at radius 2 is 1.73 bits per heavy atom. The minimum absolute atomic E-state index is 0.268. The van der Waals surface area contributed by atoms with Crippen LogP contribution in [0.5, 0.6) is 0 Å². The Bertz CT molecular complexity index is 168. The zero-order valence-electron chi connectivity index (χ0n) is 10.3. The minimum atomic E-state index is -0.704. The molecule has 90 valence electrons. The maximum Gasteiger partial charge on any atom is 0.303 e. The van der Waals surface area contributed by atoms with Crippen molar-refractivity contribution in [1.82, 2.24) is 5.32 Å². The third-order valence-electron chi connectivity index (χ3n) is 3.49. The summed E-state index contributed by atoms with van der Waals surface area (Å²) >= 11 is 0. The number of aliphatic carboxylic acids is 1. The second-order valence-corrected chi connectivity index (χ2v) is 4.23. The number of hydrogen-bond donors (Lipinski definition) is 2. The van der Waals surface area contributed by atoms with Crippen molar-refractivity contribution in [1.29, 1.82) is 0 Å². The van der Waals surface area contributed by atoms with E-state index in [-0.39, 0.29) is 6.42 Å². The molecular weight excluding hydrogens is 190 g/mol. The average Bonchev–Trinajstić information content (AvgIpc) is 2.24. The lowest BCUT2D eigenvalue weighted by Gasteiger charge is -2.30. The van der Waals surface area contributed by atoms with Crippen molar-refractivity contribution < 1.29 is 9.90 Å². The topological polar surface area (TPSA) is 49.3 Å². The third kappa shape index (κ3) is 5.78. The summed E-state index contributed by atoms with van der Waals surface area (Å²) in [6.45, 7) is 8.51. The SMILES string of the molecule is CCC(CC)(CC)CNCCCC(=O)O. The predicted octanol–water partition coefficient (Wildman–Crippen LogP) is 2.66. The van der Waals surface area contributed by atoms with E-state index in [1.54, 1.807) is 0 Å². The summed E-state index contributed by atoms with van der Waals surface area (Å²) in [6.07, 6.45) is 4.55. The summed E-state index contributed by atoms with van der Waals surface area (Å²) in [4.78, 5) is 10.3. The molecule has 0 saturated heterocycles. The summed E-state index contributed by atoms with van der Waals surface area (Å²) in [7, 11) is 0. The zero-order chi connectivity index (χ0) is 11.7. The van der Waals surface area contributed by atoms with Crippen LogP contribution < -0.4 is 5.32 Å². The van der Waals surface area contributed by atoms with Gasteiger partial charge in [0.15, 0.2) is 0 Å². The molecule has 0 aliphatic rings. The maximum atomic E-state index is 10.3. The Balaban J connectivity index is 3.67. The quantitative estimate of drug-likeness (QED) is 0.581. The number of carboxylic acid groups (broad SMARTS) is 1. The van der Waals surface area contributed by atoms with E-state index in [9.17, 15) is 4.79 Å². The Morgan fingerprint density at radius 1 is 1.20 bits per heavy atom. The highest BCUT2D eigenvalue weighted by atomic mass is 16.4. The van der Waals surface area contributed by atoms with Gasteiger partial charge in [-0.3, -0.25) is 4.79 Å². The van der Waals surface area contributed by atoms with Gasteiger partial charge in [-0.05, 0) is 37.6 Å². The molecule has 0 spiro atoms. The smallest absolute Gasteiger partial charge is 0.303 e. The number of carboxylic acids is 1. The second kappa shape index (κ2) is 7.69. The highest BCUT2D eigenvalue weighted by Gasteiger charge is 2.22. The highest BCUT2D eigenvalue weighted by Crippen LogP contribution is 2.29. The van der Waals surface area contributed by atoms with Gasteiger partial charge in [0.1, 0.15) is 0 Å². The molecule has 0 heterocycles. The summed E-state index contributed by atoms with van der Waals surface area (Å²) in [5, 5.41) is 11.9. The Kier molecular flexibility index (Phi) is 7.39. The van der Waals surface area contributed by atoms with Crippen molar-refractivity contribution >= 4 is 5.97 Å². The maximum absolute atomic E-state index is 10.3. The number of nitrogens with one attached hydrogen (secondary N) is 1. The summed E-state index contributed by atoms with van der Waals surface area (Å²) < 4.78 is 0. The molecule has 0 aliphatic carbocycles. The molecule has 0 unspecified atom stereocenters. The van der Waals surface area contributed by atoms with Crippen LogP contribution in [0.15, 0.2) is 0 Å². The Morgan fingerprint density at radius 3 is 2.13 bits per heavy atom. The van der Waals surface area contributed by atoms with Gasteiger partial charge in [0.25, 0.3) is 0 Å². The fraction of sp³-hybridized carbons (Fsp3) is 0.917. The van der Waals surface area contributed by atoms with E-state index in [0.717, 1.165) is 19.5 Å². The highest BCUT2D eigenvalue weighted by molar-refractivity contribution is 5.66. The fourth-order valence-electron chi connectivity index (χ4n) is 1.84. The predicted molar refractivity (Wildman–Crippen MR) is 63.0 cm³/mol.